The lowest BCUT2D eigenvalue weighted by Gasteiger charge is -2.07. The van der Waals surface area contributed by atoms with Crippen molar-refractivity contribution < 1.29 is 4.79 Å². The zero-order valence-electron chi connectivity index (χ0n) is 9.49. The maximum atomic E-state index is 11.1. The molecule has 2 heterocycles. The highest BCUT2D eigenvalue weighted by Crippen LogP contribution is 2.28. The molecule has 0 aliphatic carbocycles. The van der Waals surface area contributed by atoms with Crippen LogP contribution in [0.1, 0.15) is 12.0 Å². The van der Waals surface area contributed by atoms with Crippen LogP contribution < -0.4 is 10.6 Å². The lowest BCUT2D eigenvalue weighted by molar-refractivity contribution is -0.119. The number of aryl methyl sites for hydroxylation is 1. The number of fused-ring (bicyclic) bond motifs is 1. The second-order valence-corrected chi connectivity index (χ2v) is 5.32. The number of thiazole rings is 1. The van der Waals surface area contributed by atoms with Gasteiger partial charge in [0, 0.05) is 13.0 Å². The van der Waals surface area contributed by atoms with Crippen LogP contribution in [-0.4, -0.2) is 23.5 Å². The van der Waals surface area contributed by atoms with Crippen LogP contribution in [0.5, 0.6) is 0 Å². The zero-order chi connectivity index (χ0) is 11.8. The van der Waals surface area contributed by atoms with Crippen LogP contribution in [0.15, 0.2) is 18.2 Å². The van der Waals surface area contributed by atoms with E-state index in [9.17, 15) is 4.79 Å². The number of benzene rings is 1. The van der Waals surface area contributed by atoms with E-state index in [4.69, 9.17) is 0 Å². The van der Waals surface area contributed by atoms with Gasteiger partial charge in [0.25, 0.3) is 0 Å². The largest absolute Gasteiger partial charge is 0.356 e. The SMILES string of the molecule is Cc1cccc2sc(NC3CNC(=O)C3)nc12. The highest BCUT2D eigenvalue weighted by molar-refractivity contribution is 7.22. The molecule has 0 spiro atoms. The van der Waals surface area contributed by atoms with E-state index in [2.05, 4.69) is 34.7 Å². The average molecular weight is 247 g/mol. The maximum Gasteiger partial charge on any atom is 0.222 e. The first-order valence-electron chi connectivity index (χ1n) is 5.62. The Morgan fingerprint density at radius 2 is 2.41 bits per heavy atom. The van der Waals surface area contributed by atoms with Gasteiger partial charge in [0.2, 0.25) is 5.91 Å². The van der Waals surface area contributed by atoms with Gasteiger partial charge in [-0.3, -0.25) is 4.79 Å². The lowest BCUT2D eigenvalue weighted by atomic mass is 10.2. The van der Waals surface area contributed by atoms with E-state index in [1.807, 2.05) is 6.07 Å². The fourth-order valence-corrected chi connectivity index (χ4v) is 3.05. The predicted octanol–water partition coefficient (Wildman–Crippen LogP) is 1.91. The molecule has 0 bridgehead atoms. The van der Waals surface area contributed by atoms with Crippen molar-refractivity contribution in [3.63, 3.8) is 0 Å². The van der Waals surface area contributed by atoms with Gasteiger partial charge in [-0.05, 0) is 18.6 Å². The van der Waals surface area contributed by atoms with E-state index in [-0.39, 0.29) is 11.9 Å². The minimum Gasteiger partial charge on any atom is -0.356 e. The van der Waals surface area contributed by atoms with Crippen LogP contribution >= 0.6 is 11.3 Å². The summed E-state index contributed by atoms with van der Waals surface area (Å²) in [6.45, 7) is 2.75. The molecule has 0 saturated carbocycles. The van der Waals surface area contributed by atoms with E-state index in [1.165, 1.54) is 10.3 Å². The van der Waals surface area contributed by atoms with Crippen LogP contribution in [-0.2, 0) is 4.79 Å². The van der Waals surface area contributed by atoms with Gasteiger partial charge >= 0.3 is 0 Å². The number of hydrogen-bond donors (Lipinski definition) is 2. The molecule has 4 nitrogen and oxygen atoms in total. The van der Waals surface area contributed by atoms with Gasteiger partial charge in [0.15, 0.2) is 5.13 Å². The van der Waals surface area contributed by atoms with Crippen molar-refractivity contribution in [2.75, 3.05) is 11.9 Å². The van der Waals surface area contributed by atoms with E-state index in [1.54, 1.807) is 11.3 Å². The quantitative estimate of drug-likeness (QED) is 0.852. The molecule has 1 aliphatic heterocycles. The van der Waals surface area contributed by atoms with Crippen LogP contribution in [0.3, 0.4) is 0 Å². The number of para-hydroxylation sites is 1. The van der Waals surface area contributed by atoms with Crippen molar-refractivity contribution in [2.24, 2.45) is 0 Å². The van der Waals surface area contributed by atoms with Crippen molar-refractivity contribution in [1.82, 2.24) is 10.3 Å². The smallest absolute Gasteiger partial charge is 0.222 e. The molecule has 1 atom stereocenters. The van der Waals surface area contributed by atoms with Gasteiger partial charge in [-0.1, -0.05) is 23.5 Å². The predicted molar refractivity (Wildman–Crippen MR) is 69.4 cm³/mol. The fraction of sp³-hybridized carbons (Fsp3) is 0.333. The third kappa shape index (κ3) is 1.98. The standard InChI is InChI=1S/C12H13N3OS/c1-7-3-2-4-9-11(7)15-12(17-9)14-8-5-10(16)13-6-8/h2-4,8H,5-6H2,1H3,(H,13,16)(H,14,15). The van der Waals surface area contributed by atoms with Crippen molar-refractivity contribution in [2.45, 2.75) is 19.4 Å². The summed E-state index contributed by atoms with van der Waals surface area (Å²) in [5, 5.41) is 7.02. The third-order valence-electron chi connectivity index (χ3n) is 2.93. The number of rotatable bonds is 2. The van der Waals surface area contributed by atoms with E-state index >= 15 is 0 Å². The van der Waals surface area contributed by atoms with Crippen LogP contribution in [0.4, 0.5) is 5.13 Å². The maximum absolute atomic E-state index is 11.1. The van der Waals surface area contributed by atoms with Crippen LogP contribution in [0.25, 0.3) is 10.2 Å². The van der Waals surface area contributed by atoms with Crippen LogP contribution in [0, 0.1) is 6.92 Å². The molecule has 88 valence electrons. The Morgan fingerprint density at radius 3 is 3.12 bits per heavy atom. The fourth-order valence-electron chi connectivity index (χ4n) is 2.03. The number of carbonyl (C=O) groups excluding carboxylic acids is 1. The van der Waals surface area contributed by atoms with E-state index in [0.717, 1.165) is 10.6 Å². The number of hydrogen-bond acceptors (Lipinski definition) is 4. The Balaban J connectivity index is 1.86. The molecule has 17 heavy (non-hydrogen) atoms. The summed E-state index contributed by atoms with van der Waals surface area (Å²) < 4.78 is 1.18. The number of nitrogens with one attached hydrogen (secondary N) is 2. The Hall–Kier alpha value is -1.62. The van der Waals surface area contributed by atoms with Crippen molar-refractivity contribution in [1.29, 1.82) is 0 Å². The molecule has 1 unspecified atom stereocenters. The summed E-state index contributed by atoms with van der Waals surface area (Å²) in [5.41, 5.74) is 2.24. The molecule has 2 aromatic rings. The molecule has 0 radical (unpaired) electrons. The summed E-state index contributed by atoms with van der Waals surface area (Å²) in [7, 11) is 0. The molecule has 1 fully saturated rings. The van der Waals surface area contributed by atoms with Crippen molar-refractivity contribution >= 4 is 32.6 Å². The number of nitrogens with zero attached hydrogens (tertiary/aromatic N) is 1. The molecule has 5 heteroatoms. The lowest BCUT2D eigenvalue weighted by Crippen LogP contribution is -2.22. The van der Waals surface area contributed by atoms with Gasteiger partial charge in [-0.15, -0.1) is 0 Å². The molecular formula is C12H13N3OS. The Labute approximate surface area is 103 Å². The highest BCUT2D eigenvalue weighted by Gasteiger charge is 2.22. The first kappa shape index (κ1) is 10.5. The highest BCUT2D eigenvalue weighted by atomic mass is 32.1. The van der Waals surface area contributed by atoms with Gasteiger partial charge in [0.05, 0.1) is 16.3 Å². The minimum atomic E-state index is 0.111. The summed E-state index contributed by atoms with van der Waals surface area (Å²) in [5.74, 6) is 0.111. The molecule has 1 aromatic heterocycles. The number of aromatic nitrogens is 1. The molecule has 3 rings (SSSR count). The third-order valence-corrected chi connectivity index (χ3v) is 3.88. The molecule has 2 N–H and O–H groups in total. The number of amides is 1. The second-order valence-electron chi connectivity index (χ2n) is 4.29. The molecule has 1 saturated heterocycles. The topological polar surface area (TPSA) is 54.0 Å². The summed E-state index contributed by atoms with van der Waals surface area (Å²) in [6.07, 6.45) is 0.537. The monoisotopic (exact) mass is 247 g/mol. The van der Waals surface area contributed by atoms with E-state index < -0.39 is 0 Å². The molecule has 1 amide bonds. The Kier molecular flexibility index (Phi) is 2.48. The first-order chi connectivity index (χ1) is 8.22. The van der Waals surface area contributed by atoms with Crippen molar-refractivity contribution in [3.05, 3.63) is 23.8 Å². The number of carbonyl (C=O) groups is 1. The first-order valence-corrected chi connectivity index (χ1v) is 6.43. The normalized spacial score (nSPS) is 19.6. The summed E-state index contributed by atoms with van der Waals surface area (Å²) in [4.78, 5) is 15.7. The van der Waals surface area contributed by atoms with Gasteiger partial charge in [-0.25, -0.2) is 4.98 Å². The zero-order valence-corrected chi connectivity index (χ0v) is 10.3. The van der Waals surface area contributed by atoms with Gasteiger partial charge in [-0.2, -0.15) is 0 Å². The number of anilines is 1. The minimum absolute atomic E-state index is 0.111. The van der Waals surface area contributed by atoms with Gasteiger partial charge in [0.1, 0.15) is 0 Å². The summed E-state index contributed by atoms with van der Waals surface area (Å²) in [6, 6.07) is 6.35. The molecular weight excluding hydrogens is 234 g/mol. The van der Waals surface area contributed by atoms with E-state index in [0.29, 0.717) is 13.0 Å². The van der Waals surface area contributed by atoms with Crippen molar-refractivity contribution in [3.8, 4) is 0 Å². The van der Waals surface area contributed by atoms with Crippen LogP contribution in [0.2, 0.25) is 0 Å². The summed E-state index contributed by atoms with van der Waals surface area (Å²) >= 11 is 1.64. The average Bonchev–Trinajstić information content (AvgIpc) is 2.86. The Bertz CT molecular complexity index is 578. The van der Waals surface area contributed by atoms with Gasteiger partial charge < -0.3 is 10.6 Å². The Morgan fingerprint density at radius 1 is 1.53 bits per heavy atom. The second kappa shape index (κ2) is 4.00. The molecule has 1 aliphatic rings. The molecule has 1 aromatic carbocycles.